The Morgan fingerprint density at radius 1 is 1.18 bits per heavy atom. The molecule has 1 unspecified atom stereocenters. The van der Waals surface area contributed by atoms with E-state index in [0.29, 0.717) is 0 Å². The Hall–Kier alpha value is -1.69. The highest BCUT2D eigenvalue weighted by Crippen LogP contribution is 2.31. The first kappa shape index (κ1) is 15.2. The number of carbonyl (C=O) groups excluding carboxylic acids is 1. The average Bonchev–Trinajstić information content (AvgIpc) is 2.97. The Balaban J connectivity index is 1.85. The van der Waals surface area contributed by atoms with Gasteiger partial charge in [-0.2, -0.15) is 0 Å². The van der Waals surface area contributed by atoms with Crippen LogP contribution in [0.1, 0.15) is 37.3 Å². The van der Waals surface area contributed by atoms with Crippen molar-refractivity contribution in [3.8, 4) is 0 Å². The number of likely N-dealkylation sites (tertiary alicyclic amines) is 1. The molecule has 0 saturated carbocycles. The molecule has 0 spiro atoms. The number of carbonyl (C=O) groups is 1. The van der Waals surface area contributed by atoms with Gasteiger partial charge in [-0.25, -0.2) is 9.97 Å². The standard InChI is InChI=1S/C16H25N5O/c1-12-11-15(20-9-7-19(3)8-10-20)18-16(17-12)14-5-4-6-21(14)13(2)22/h11,14H,4-10H2,1-3H3. The molecule has 2 fully saturated rings. The van der Waals surface area contributed by atoms with E-state index in [9.17, 15) is 4.79 Å². The van der Waals surface area contributed by atoms with Crippen molar-refractivity contribution in [2.45, 2.75) is 32.7 Å². The second-order valence-corrected chi connectivity index (χ2v) is 6.39. The minimum absolute atomic E-state index is 0.0450. The normalized spacial score (nSPS) is 23.1. The van der Waals surface area contributed by atoms with Gasteiger partial charge in [-0.1, -0.05) is 0 Å². The first-order chi connectivity index (χ1) is 10.5. The SMILES string of the molecule is CC(=O)N1CCCC1c1nc(C)cc(N2CCN(C)CC2)n1. The van der Waals surface area contributed by atoms with Gasteiger partial charge in [-0.05, 0) is 26.8 Å². The highest BCUT2D eigenvalue weighted by molar-refractivity contribution is 5.74. The molecule has 1 aromatic rings. The van der Waals surface area contributed by atoms with E-state index in [1.54, 1.807) is 6.92 Å². The molecular formula is C16H25N5O. The lowest BCUT2D eigenvalue weighted by Crippen LogP contribution is -2.45. The van der Waals surface area contributed by atoms with Crippen LogP contribution < -0.4 is 4.90 Å². The molecule has 1 aromatic heterocycles. The summed E-state index contributed by atoms with van der Waals surface area (Å²) in [5.74, 6) is 1.93. The van der Waals surface area contributed by atoms with E-state index in [1.165, 1.54) is 0 Å². The second-order valence-electron chi connectivity index (χ2n) is 6.39. The maximum atomic E-state index is 11.8. The van der Waals surface area contributed by atoms with Gasteiger partial charge in [0.2, 0.25) is 5.91 Å². The Labute approximate surface area is 132 Å². The lowest BCUT2D eigenvalue weighted by atomic mass is 10.2. The molecule has 2 aliphatic heterocycles. The van der Waals surface area contributed by atoms with E-state index in [0.717, 1.165) is 62.9 Å². The molecule has 0 aliphatic carbocycles. The molecule has 2 aliphatic rings. The van der Waals surface area contributed by atoms with Crippen LogP contribution in [0.15, 0.2) is 6.07 Å². The van der Waals surface area contributed by atoms with E-state index >= 15 is 0 Å². The van der Waals surface area contributed by atoms with Gasteiger partial charge in [0.05, 0.1) is 6.04 Å². The summed E-state index contributed by atoms with van der Waals surface area (Å²) in [4.78, 5) is 27.8. The number of likely N-dealkylation sites (N-methyl/N-ethyl adjacent to an activating group) is 1. The Morgan fingerprint density at radius 3 is 2.59 bits per heavy atom. The quantitative estimate of drug-likeness (QED) is 0.822. The molecule has 0 aromatic carbocycles. The molecule has 6 heteroatoms. The molecule has 2 saturated heterocycles. The second kappa shape index (κ2) is 6.20. The lowest BCUT2D eigenvalue weighted by molar-refractivity contribution is -0.129. The number of aromatic nitrogens is 2. The highest BCUT2D eigenvalue weighted by atomic mass is 16.2. The van der Waals surface area contributed by atoms with Gasteiger partial charge in [0, 0.05) is 51.4 Å². The van der Waals surface area contributed by atoms with Crippen molar-refractivity contribution in [1.29, 1.82) is 0 Å². The molecule has 120 valence electrons. The van der Waals surface area contributed by atoms with Gasteiger partial charge in [-0.3, -0.25) is 4.79 Å². The molecule has 22 heavy (non-hydrogen) atoms. The monoisotopic (exact) mass is 303 g/mol. The zero-order valence-corrected chi connectivity index (χ0v) is 13.7. The maximum absolute atomic E-state index is 11.8. The van der Waals surface area contributed by atoms with E-state index in [1.807, 2.05) is 11.8 Å². The molecule has 0 N–H and O–H groups in total. The summed E-state index contributed by atoms with van der Waals surface area (Å²) in [5, 5.41) is 0. The predicted octanol–water partition coefficient (Wildman–Crippen LogP) is 1.22. The zero-order chi connectivity index (χ0) is 15.7. The van der Waals surface area contributed by atoms with Crippen molar-refractivity contribution < 1.29 is 4.79 Å². The summed E-state index contributed by atoms with van der Waals surface area (Å²) in [6.45, 7) is 8.57. The lowest BCUT2D eigenvalue weighted by Gasteiger charge is -2.33. The first-order valence-corrected chi connectivity index (χ1v) is 8.11. The van der Waals surface area contributed by atoms with Crippen molar-refractivity contribution >= 4 is 11.7 Å². The van der Waals surface area contributed by atoms with Crippen LogP contribution in [0.4, 0.5) is 5.82 Å². The van der Waals surface area contributed by atoms with E-state index < -0.39 is 0 Å². The summed E-state index contributed by atoms with van der Waals surface area (Å²) in [6.07, 6.45) is 2.00. The third-order valence-corrected chi connectivity index (χ3v) is 4.64. The topological polar surface area (TPSA) is 52.6 Å². The van der Waals surface area contributed by atoms with Crippen LogP contribution in [-0.4, -0.2) is 65.4 Å². The van der Waals surface area contributed by atoms with E-state index in [4.69, 9.17) is 4.98 Å². The third-order valence-electron chi connectivity index (χ3n) is 4.64. The Kier molecular flexibility index (Phi) is 4.29. The van der Waals surface area contributed by atoms with Gasteiger partial charge in [0.1, 0.15) is 5.82 Å². The summed E-state index contributed by atoms with van der Waals surface area (Å²) >= 11 is 0. The summed E-state index contributed by atoms with van der Waals surface area (Å²) in [7, 11) is 2.15. The Bertz CT molecular complexity index is 553. The van der Waals surface area contributed by atoms with Crippen LogP contribution >= 0.6 is 0 Å². The van der Waals surface area contributed by atoms with Gasteiger partial charge in [-0.15, -0.1) is 0 Å². The first-order valence-electron chi connectivity index (χ1n) is 8.11. The Morgan fingerprint density at radius 2 is 1.91 bits per heavy atom. The van der Waals surface area contributed by atoms with Crippen molar-refractivity contribution in [1.82, 2.24) is 19.8 Å². The fraction of sp³-hybridized carbons (Fsp3) is 0.688. The molecule has 1 atom stereocenters. The molecule has 6 nitrogen and oxygen atoms in total. The predicted molar refractivity (Wildman–Crippen MR) is 85.8 cm³/mol. The molecule has 3 heterocycles. The van der Waals surface area contributed by atoms with Crippen LogP contribution in [0, 0.1) is 6.92 Å². The molecule has 3 rings (SSSR count). The number of nitrogens with zero attached hydrogens (tertiary/aromatic N) is 5. The summed E-state index contributed by atoms with van der Waals surface area (Å²) < 4.78 is 0. The van der Waals surface area contributed by atoms with Crippen LogP contribution in [0.2, 0.25) is 0 Å². The number of amides is 1. The molecular weight excluding hydrogens is 278 g/mol. The van der Waals surface area contributed by atoms with E-state index in [-0.39, 0.29) is 11.9 Å². The molecule has 0 radical (unpaired) electrons. The van der Waals surface area contributed by atoms with Gasteiger partial charge >= 0.3 is 0 Å². The molecule has 1 amide bonds. The smallest absolute Gasteiger partial charge is 0.220 e. The fourth-order valence-corrected chi connectivity index (χ4v) is 3.33. The number of rotatable bonds is 2. The number of hydrogen-bond donors (Lipinski definition) is 0. The van der Waals surface area contributed by atoms with Crippen molar-refractivity contribution in [2.24, 2.45) is 0 Å². The van der Waals surface area contributed by atoms with Gasteiger partial charge < -0.3 is 14.7 Å². The number of anilines is 1. The molecule has 0 bridgehead atoms. The third kappa shape index (κ3) is 3.06. The summed E-state index contributed by atoms with van der Waals surface area (Å²) in [5.41, 5.74) is 0.981. The van der Waals surface area contributed by atoms with Crippen LogP contribution in [-0.2, 0) is 4.79 Å². The zero-order valence-electron chi connectivity index (χ0n) is 13.7. The number of aryl methyl sites for hydroxylation is 1. The maximum Gasteiger partial charge on any atom is 0.220 e. The summed E-state index contributed by atoms with van der Waals surface area (Å²) in [6, 6.07) is 2.10. The number of hydrogen-bond acceptors (Lipinski definition) is 5. The van der Waals surface area contributed by atoms with Crippen LogP contribution in [0.25, 0.3) is 0 Å². The van der Waals surface area contributed by atoms with Gasteiger partial charge in [0.25, 0.3) is 0 Å². The van der Waals surface area contributed by atoms with Crippen molar-refractivity contribution in [3.05, 3.63) is 17.6 Å². The van der Waals surface area contributed by atoms with E-state index in [2.05, 4.69) is 27.9 Å². The number of piperazine rings is 1. The van der Waals surface area contributed by atoms with Crippen molar-refractivity contribution in [3.63, 3.8) is 0 Å². The van der Waals surface area contributed by atoms with Crippen molar-refractivity contribution in [2.75, 3.05) is 44.7 Å². The highest BCUT2D eigenvalue weighted by Gasteiger charge is 2.30. The van der Waals surface area contributed by atoms with Gasteiger partial charge in [0.15, 0.2) is 5.82 Å². The average molecular weight is 303 g/mol. The van der Waals surface area contributed by atoms with Crippen LogP contribution in [0.3, 0.4) is 0 Å². The van der Waals surface area contributed by atoms with Crippen LogP contribution in [0.5, 0.6) is 0 Å². The minimum atomic E-state index is 0.0450. The largest absolute Gasteiger partial charge is 0.354 e. The minimum Gasteiger partial charge on any atom is -0.354 e. The fourth-order valence-electron chi connectivity index (χ4n) is 3.33.